The number of aromatic nitrogens is 2. The maximum Gasteiger partial charge on any atom is 0.243 e. The number of imidazole rings is 1. The van der Waals surface area contributed by atoms with E-state index < -0.39 is 10.0 Å². The maximum atomic E-state index is 13.0. The van der Waals surface area contributed by atoms with Crippen molar-refractivity contribution in [1.29, 1.82) is 0 Å². The molecule has 35 heavy (non-hydrogen) atoms. The minimum absolute atomic E-state index is 0.0666. The van der Waals surface area contributed by atoms with Gasteiger partial charge in [-0.05, 0) is 55.0 Å². The summed E-state index contributed by atoms with van der Waals surface area (Å²) in [7, 11) is -1.66. The van der Waals surface area contributed by atoms with Crippen molar-refractivity contribution in [2.75, 3.05) is 20.1 Å². The molecule has 2 heterocycles. The molecule has 0 spiro atoms. The topological polar surface area (TPSA) is 75.5 Å². The first kappa shape index (κ1) is 25.4. The third-order valence-corrected chi connectivity index (χ3v) is 8.68. The van der Waals surface area contributed by atoms with Crippen LogP contribution in [0.5, 0.6) is 0 Å². The predicted molar refractivity (Wildman–Crippen MR) is 139 cm³/mol. The molecule has 3 aromatic rings. The summed E-state index contributed by atoms with van der Waals surface area (Å²) in [5.41, 5.74) is 3.99. The zero-order valence-corrected chi connectivity index (χ0v) is 21.9. The Morgan fingerprint density at radius 2 is 1.71 bits per heavy atom. The smallest absolute Gasteiger partial charge is 0.243 e. The SMILES string of the molecule is CCCn1c(CCC(=O)N(C)Cc2ccc(CC)cc2)nc2cc(S(=O)(=O)N3CCCC3)ccc21. The maximum absolute atomic E-state index is 13.0. The first-order valence-corrected chi connectivity index (χ1v) is 14.1. The van der Waals surface area contributed by atoms with Crippen LogP contribution in [0.3, 0.4) is 0 Å². The number of rotatable bonds is 10. The van der Waals surface area contributed by atoms with Crippen LogP contribution < -0.4 is 0 Å². The summed E-state index contributed by atoms with van der Waals surface area (Å²) in [6, 6.07) is 13.6. The minimum atomic E-state index is -3.49. The van der Waals surface area contributed by atoms with Crippen LogP contribution in [0.25, 0.3) is 11.0 Å². The summed E-state index contributed by atoms with van der Waals surface area (Å²) >= 11 is 0. The molecular weight excluding hydrogens is 460 g/mol. The highest BCUT2D eigenvalue weighted by Crippen LogP contribution is 2.26. The Hall–Kier alpha value is -2.71. The molecule has 1 aliphatic heterocycles. The van der Waals surface area contributed by atoms with Gasteiger partial charge in [-0.3, -0.25) is 4.79 Å². The van der Waals surface area contributed by atoms with E-state index in [0.29, 0.717) is 42.9 Å². The van der Waals surface area contributed by atoms with E-state index in [9.17, 15) is 13.2 Å². The molecule has 0 saturated carbocycles. The third-order valence-electron chi connectivity index (χ3n) is 6.79. The van der Waals surface area contributed by atoms with Crippen LogP contribution in [0, 0.1) is 0 Å². The summed E-state index contributed by atoms with van der Waals surface area (Å²) in [4.78, 5) is 19.7. The van der Waals surface area contributed by atoms with Gasteiger partial charge in [-0.25, -0.2) is 13.4 Å². The van der Waals surface area contributed by atoms with Crippen molar-refractivity contribution in [1.82, 2.24) is 18.8 Å². The van der Waals surface area contributed by atoms with Gasteiger partial charge in [0.1, 0.15) is 5.82 Å². The van der Waals surface area contributed by atoms with Crippen LogP contribution in [0.2, 0.25) is 0 Å². The number of carbonyl (C=O) groups excluding carboxylic acids is 1. The Labute approximate surface area is 208 Å². The molecule has 2 aromatic carbocycles. The van der Waals surface area contributed by atoms with E-state index in [1.54, 1.807) is 21.3 Å². The summed E-state index contributed by atoms with van der Waals surface area (Å²) in [6.07, 6.45) is 4.61. The second-order valence-corrected chi connectivity index (χ2v) is 11.3. The van der Waals surface area contributed by atoms with Crippen molar-refractivity contribution >= 4 is 27.0 Å². The first-order chi connectivity index (χ1) is 16.8. The fourth-order valence-electron chi connectivity index (χ4n) is 4.71. The summed E-state index contributed by atoms with van der Waals surface area (Å²) in [5, 5.41) is 0. The van der Waals surface area contributed by atoms with E-state index in [1.165, 1.54) is 5.56 Å². The molecule has 0 radical (unpaired) electrons. The van der Waals surface area contributed by atoms with Gasteiger partial charge in [0.25, 0.3) is 0 Å². The molecule has 188 valence electrons. The van der Waals surface area contributed by atoms with Gasteiger partial charge in [0.2, 0.25) is 15.9 Å². The molecule has 8 heteroatoms. The molecule has 0 N–H and O–H groups in total. The van der Waals surface area contributed by atoms with Gasteiger partial charge in [0.05, 0.1) is 15.9 Å². The van der Waals surface area contributed by atoms with Crippen LogP contribution in [0.4, 0.5) is 0 Å². The van der Waals surface area contributed by atoms with Crippen molar-refractivity contribution in [3.63, 3.8) is 0 Å². The molecule has 0 aliphatic carbocycles. The predicted octanol–water partition coefficient (Wildman–Crippen LogP) is 4.38. The Morgan fingerprint density at radius 1 is 1.03 bits per heavy atom. The number of fused-ring (bicyclic) bond motifs is 1. The fourth-order valence-corrected chi connectivity index (χ4v) is 6.25. The van der Waals surface area contributed by atoms with Crippen LogP contribution in [-0.2, 0) is 40.7 Å². The molecule has 1 aromatic heterocycles. The molecule has 1 saturated heterocycles. The number of benzene rings is 2. The summed E-state index contributed by atoms with van der Waals surface area (Å²) < 4.78 is 29.7. The molecule has 0 bridgehead atoms. The lowest BCUT2D eigenvalue weighted by molar-refractivity contribution is -0.130. The van der Waals surface area contributed by atoms with Gasteiger partial charge in [-0.15, -0.1) is 0 Å². The fraction of sp³-hybridized carbons (Fsp3) is 0.481. The monoisotopic (exact) mass is 496 g/mol. The molecule has 1 fully saturated rings. The van der Waals surface area contributed by atoms with Gasteiger partial charge in [0, 0.05) is 46.1 Å². The van der Waals surface area contributed by atoms with Crippen LogP contribution in [-0.4, -0.2) is 53.2 Å². The van der Waals surface area contributed by atoms with Crippen molar-refractivity contribution in [3.05, 3.63) is 59.4 Å². The summed E-state index contributed by atoms with van der Waals surface area (Å²) in [5.74, 6) is 0.892. The largest absolute Gasteiger partial charge is 0.341 e. The van der Waals surface area contributed by atoms with Crippen LogP contribution in [0.1, 0.15) is 56.5 Å². The second-order valence-electron chi connectivity index (χ2n) is 9.36. The zero-order chi connectivity index (χ0) is 25.0. The third kappa shape index (κ3) is 5.59. The Balaban J connectivity index is 1.49. The highest BCUT2D eigenvalue weighted by atomic mass is 32.2. The quantitative estimate of drug-likeness (QED) is 0.417. The van der Waals surface area contributed by atoms with E-state index in [2.05, 4.69) is 42.7 Å². The van der Waals surface area contributed by atoms with Crippen molar-refractivity contribution < 1.29 is 13.2 Å². The zero-order valence-electron chi connectivity index (χ0n) is 21.0. The molecular formula is C27H36N4O3S. The first-order valence-electron chi connectivity index (χ1n) is 12.6. The molecule has 0 unspecified atom stereocenters. The molecule has 4 rings (SSSR count). The van der Waals surface area contributed by atoms with E-state index in [1.807, 2.05) is 13.1 Å². The summed E-state index contributed by atoms with van der Waals surface area (Å²) in [6.45, 7) is 6.74. The van der Waals surface area contributed by atoms with Gasteiger partial charge in [0.15, 0.2) is 0 Å². The Bertz CT molecular complexity index is 1280. The number of aryl methyl sites for hydroxylation is 3. The average Bonchev–Trinajstić information content (AvgIpc) is 3.52. The van der Waals surface area contributed by atoms with Crippen LogP contribution in [0.15, 0.2) is 47.4 Å². The lowest BCUT2D eigenvalue weighted by Gasteiger charge is -2.17. The van der Waals surface area contributed by atoms with Crippen molar-refractivity contribution in [2.45, 2.75) is 70.4 Å². The average molecular weight is 497 g/mol. The second kappa shape index (κ2) is 10.9. The number of sulfonamides is 1. The minimum Gasteiger partial charge on any atom is -0.341 e. The normalized spacial score (nSPS) is 14.6. The van der Waals surface area contributed by atoms with E-state index >= 15 is 0 Å². The standard InChI is InChI=1S/C27H36N4O3S/c1-4-16-31-25-13-12-23(35(33,34)30-17-6-7-18-30)19-24(25)28-26(31)14-15-27(32)29(3)20-22-10-8-21(5-2)9-11-22/h8-13,19H,4-7,14-18,20H2,1-3H3. The number of nitrogens with zero attached hydrogens (tertiary/aromatic N) is 4. The van der Waals surface area contributed by atoms with Gasteiger partial charge in [-0.1, -0.05) is 38.1 Å². The number of carbonyl (C=O) groups is 1. The van der Waals surface area contributed by atoms with Gasteiger partial charge >= 0.3 is 0 Å². The Morgan fingerprint density at radius 3 is 2.37 bits per heavy atom. The molecule has 0 atom stereocenters. The van der Waals surface area contributed by atoms with Crippen molar-refractivity contribution in [2.24, 2.45) is 0 Å². The van der Waals surface area contributed by atoms with Gasteiger partial charge < -0.3 is 9.47 Å². The highest BCUT2D eigenvalue weighted by molar-refractivity contribution is 7.89. The number of hydrogen-bond donors (Lipinski definition) is 0. The molecule has 1 amide bonds. The lowest BCUT2D eigenvalue weighted by Crippen LogP contribution is -2.27. The van der Waals surface area contributed by atoms with E-state index in [4.69, 9.17) is 4.98 Å². The highest BCUT2D eigenvalue weighted by Gasteiger charge is 2.28. The number of amides is 1. The van der Waals surface area contributed by atoms with Crippen molar-refractivity contribution in [3.8, 4) is 0 Å². The van der Waals surface area contributed by atoms with E-state index in [0.717, 1.165) is 49.1 Å². The van der Waals surface area contributed by atoms with Gasteiger partial charge in [-0.2, -0.15) is 4.31 Å². The lowest BCUT2D eigenvalue weighted by atomic mass is 10.1. The number of hydrogen-bond acceptors (Lipinski definition) is 4. The molecule has 1 aliphatic rings. The van der Waals surface area contributed by atoms with E-state index in [-0.39, 0.29) is 5.91 Å². The Kier molecular flexibility index (Phi) is 7.91. The van der Waals surface area contributed by atoms with Crippen LogP contribution >= 0.6 is 0 Å². The molecule has 7 nitrogen and oxygen atoms in total.